The standard InChI is InChI=1S/C14H29NOS/c1-12(9-10-16-3)14(15-2)11-17-13-7-5-4-6-8-13/h12-15H,4-11H2,1-3H3. The van der Waals surface area contributed by atoms with Gasteiger partial charge in [-0.05, 0) is 32.2 Å². The van der Waals surface area contributed by atoms with E-state index in [0.29, 0.717) is 12.0 Å². The molecule has 0 aromatic heterocycles. The average Bonchev–Trinajstić information content (AvgIpc) is 2.38. The van der Waals surface area contributed by atoms with Crippen molar-refractivity contribution in [1.82, 2.24) is 5.32 Å². The van der Waals surface area contributed by atoms with Crippen LogP contribution in [-0.4, -0.2) is 37.8 Å². The normalized spacial score (nSPS) is 21.4. The SMILES string of the molecule is CNC(CSC1CCCCC1)C(C)CCOC. The maximum absolute atomic E-state index is 5.17. The number of methoxy groups -OCH3 is 1. The smallest absolute Gasteiger partial charge is 0.0465 e. The van der Waals surface area contributed by atoms with E-state index in [1.807, 2.05) is 0 Å². The third kappa shape index (κ3) is 6.12. The number of ether oxygens (including phenoxy) is 1. The molecule has 0 bridgehead atoms. The van der Waals surface area contributed by atoms with Crippen molar-refractivity contribution in [3.8, 4) is 0 Å². The number of hydrogen-bond donors (Lipinski definition) is 1. The third-order valence-electron chi connectivity index (χ3n) is 3.90. The van der Waals surface area contributed by atoms with Gasteiger partial charge in [0.25, 0.3) is 0 Å². The third-order valence-corrected chi connectivity index (χ3v) is 5.39. The molecule has 102 valence electrons. The molecule has 0 aliphatic heterocycles. The zero-order valence-electron chi connectivity index (χ0n) is 11.7. The van der Waals surface area contributed by atoms with Gasteiger partial charge in [-0.2, -0.15) is 11.8 Å². The van der Waals surface area contributed by atoms with Crippen LogP contribution in [0.5, 0.6) is 0 Å². The number of hydrogen-bond acceptors (Lipinski definition) is 3. The Balaban J connectivity index is 2.20. The maximum atomic E-state index is 5.17. The molecule has 1 rings (SSSR count). The van der Waals surface area contributed by atoms with Crippen LogP contribution in [-0.2, 0) is 4.74 Å². The molecule has 0 aromatic rings. The fraction of sp³-hybridized carbons (Fsp3) is 1.00. The highest BCUT2D eigenvalue weighted by Crippen LogP contribution is 2.29. The summed E-state index contributed by atoms with van der Waals surface area (Å²) in [4.78, 5) is 0. The summed E-state index contributed by atoms with van der Waals surface area (Å²) in [7, 11) is 3.88. The first-order chi connectivity index (χ1) is 8.27. The van der Waals surface area contributed by atoms with E-state index in [9.17, 15) is 0 Å². The van der Waals surface area contributed by atoms with E-state index < -0.39 is 0 Å². The molecule has 0 saturated heterocycles. The molecular formula is C14H29NOS. The Morgan fingerprint density at radius 2 is 2.00 bits per heavy atom. The molecule has 1 N–H and O–H groups in total. The van der Waals surface area contributed by atoms with E-state index in [2.05, 4.69) is 31.1 Å². The van der Waals surface area contributed by atoms with Crippen molar-refractivity contribution in [3.05, 3.63) is 0 Å². The van der Waals surface area contributed by atoms with Crippen molar-refractivity contribution in [2.45, 2.75) is 56.7 Å². The molecule has 0 amide bonds. The fourth-order valence-electron chi connectivity index (χ4n) is 2.51. The second kappa shape index (κ2) is 9.23. The molecule has 1 fully saturated rings. The molecule has 0 spiro atoms. The molecule has 0 aromatic carbocycles. The van der Waals surface area contributed by atoms with Crippen LogP contribution >= 0.6 is 11.8 Å². The van der Waals surface area contributed by atoms with Crippen LogP contribution in [0.3, 0.4) is 0 Å². The highest BCUT2D eigenvalue weighted by molar-refractivity contribution is 7.99. The molecule has 3 heteroatoms. The van der Waals surface area contributed by atoms with Gasteiger partial charge in [-0.15, -0.1) is 0 Å². The summed E-state index contributed by atoms with van der Waals surface area (Å²) < 4.78 is 5.17. The lowest BCUT2D eigenvalue weighted by atomic mass is 10.00. The lowest BCUT2D eigenvalue weighted by molar-refractivity contribution is 0.173. The van der Waals surface area contributed by atoms with Crippen LogP contribution in [0, 0.1) is 5.92 Å². The summed E-state index contributed by atoms with van der Waals surface area (Å²) in [5.41, 5.74) is 0. The first-order valence-electron chi connectivity index (χ1n) is 7.05. The van der Waals surface area contributed by atoms with Crippen molar-refractivity contribution in [2.75, 3.05) is 26.5 Å². The predicted molar refractivity (Wildman–Crippen MR) is 77.8 cm³/mol. The van der Waals surface area contributed by atoms with E-state index in [4.69, 9.17) is 4.74 Å². The first kappa shape index (κ1) is 15.3. The van der Waals surface area contributed by atoms with Crippen molar-refractivity contribution >= 4 is 11.8 Å². The number of nitrogens with one attached hydrogen (secondary N) is 1. The van der Waals surface area contributed by atoms with Crippen LogP contribution in [0.15, 0.2) is 0 Å². The number of rotatable bonds is 8. The second-order valence-electron chi connectivity index (χ2n) is 5.25. The highest BCUT2D eigenvalue weighted by atomic mass is 32.2. The zero-order valence-corrected chi connectivity index (χ0v) is 12.5. The minimum atomic E-state index is 0.636. The quantitative estimate of drug-likeness (QED) is 0.722. The van der Waals surface area contributed by atoms with Crippen LogP contribution < -0.4 is 5.32 Å². The van der Waals surface area contributed by atoms with Gasteiger partial charge in [0.2, 0.25) is 0 Å². The Morgan fingerprint density at radius 3 is 2.59 bits per heavy atom. The lowest BCUT2D eigenvalue weighted by Gasteiger charge is -2.27. The monoisotopic (exact) mass is 259 g/mol. The topological polar surface area (TPSA) is 21.3 Å². The molecule has 0 heterocycles. The van der Waals surface area contributed by atoms with Gasteiger partial charge in [0.15, 0.2) is 0 Å². The second-order valence-corrected chi connectivity index (χ2v) is 6.58. The van der Waals surface area contributed by atoms with Gasteiger partial charge in [-0.25, -0.2) is 0 Å². The van der Waals surface area contributed by atoms with Crippen LogP contribution in [0.2, 0.25) is 0 Å². The Hall–Kier alpha value is 0.270. The average molecular weight is 259 g/mol. The van der Waals surface area contributed by atoms with Crippen LogP contribution in [0.4, 0.5) is 0 Å². The summed E-state index contributed by atoms with van der Waals surface area (Å²) in [6, 6.07) is 0.636. The molecule has 2 unspecified atom stereocenters. The summed E-state index contributed by atoms with van der Waals surface area (Å²) in [5.74, 6) is 1.96. The number of thioether (sulfide) groups is 1. The summed E-state index contributed by atoms with van der Waals surface area (Å²) in [6.07, 6.45) is 8.38. The van der Waals surface area contributed by atoms with Gasteiger partial charge in [0, 0.05) is 30.8 Å². The maximum Gasteiger partial charge on any atom is 0.0465 e. The summed E-state index contributed by atoms with van der Waals surface area (Å²) in [5, 5.41) is 4.40. The van der Waals surface area contributed by atoms with Crippen molar-refractivity contribution < 1.29 is 4.74 Å². The van der Waals surface area contributed by atoms with Gasteiger partial charge >= 0.3 is 0 Å². The van der Waals surface area contributed by atoms with E-state index in [1.165, 1.54) is 37.9 Å². The molecule has 17 heavy (non-hydrogen) atoms. The predicted octanol–water partition coefficient (Wildman–Crippen LogP) is 3.31. The Kier molecular flexibility index (Phi) is 8.33. The molecule has 0 radical (unpaired) electrons. The molecule has 1 aliphatic carbocycles. The van der Waals surface area contributed by atoms with Crippen LogP contribution in [0.25, 0.3) is 0 Å². The molecule has 2 atom stereocenters. The summed E-state index contributed by atoms with van der Waals surface area (Å²) >= 11 is 2.19. The van der Waals surface area contributed by atoms with Crippen LogP contribution in [0.1, 0.15) is 45.4 Å². The Morgan fingerprint density at radius 1 is 1.29 bits per heavy atom. The largest absolute Gasteiger partial charge is 0.385 e. The summed E-state index contributed by atoms with van der Waals surface area (Å²) in [6.45, 7) is 3.22. The van der Waals surface area contributed by atoms with Gasteiger partial charge in [-0.3, -0.25) is 0 Å². The minimum absolute atomic E-state index is 0.636. The molecule has 1 aliphatic rings. The van der Waals surface area contributed by atoms with E-state index in [0.717, 1.165) is 18.3 Å². The lowest BCUT2D eigenvalue weighted by Crippen LogP contribution is -2.35. The fourth-order valence-corrected chi connectivity index (χ4v) is 4.15. The van der Waals surface area contributed by atoms with Gasteiger partial charge in [0.1, 0.15) is 0 Å². The Bertz CT molecular complexity index is 183. The molecule has 1 saturated carbocycles. The van der Waals surface area contributed by atoms with Gasteiger partial charge in [0.05, 0.1) is 0 Å². The first-order valence-corrected chi connectivity index (χ1v) is 8.10. The van der Waals surface area contributed by atoms with Gasteiger partial charge in [-0.1, -0.05) is 26.2 Å². The van der Waals surface area contributed by atoms with Crippen molar-refractivity contribution in [1.29, 1.82) is 0 Å². The van der Waals surface area contributed by atoms with E-state index in [-0.39, 0.29) is 0 Å². The zero-order chi connectivity index (χ0) is 12.5. The minimum Gasteiger partial charge on any atom is -0.385 e. The Labute approximate surface area is 111 Å². The van der Waals surface area contributed by atoms with E-state index in [1.54, 1.807) is 7.11 Å². The van der Waals surface area contributed by atoms with Crippen molar-refractivity contribution in [3.63, 3.8) is 0 Å². The molecular weight excluding hydrogens is 230 g/mol. The van der Waals surface area contributed by atoms with E-state index >= 15 is 0 Å². The molecule has 2 nitrogen and oxygen atoms in total. The highest BCUT2D eigenvalue weighted by Gasteiger charge is 2.19. The van der Waals surface area contributed by atoms with Gasteiger partial charge < -0.3 is 10.1 Å². The van der Waals surface area contributed by atoms with Crippen molar-refractivity contribution in [2.24, 2.45) is 5.92 Å².